The Bertz CT molecular complexity index is 434. The molecule has 0 spiro atoms. The predicted octanol–water partition coefficient (Wildman–Crippen LogP) is 0.930. The quantitative estimate of drug-likeness (QED) is 0.509. The van der Waals surface area contributed by atoms with Crippen molar-refractivity contribution in [2.45, 2.75) is 32.3 Å². The van der Waals surface area contributed by atoms with Crippen LogP contribution in [0.25, 0.3) is 0 Å². The lowest BCUT2D eigenvalue weighted by atomic mass is 9.98. The van der Waals surface area contributed by atoms with E-state index in [0.29, 0.717) is 12.8 Å². The summed E-state index contributed by atoms with van der Waals surface area (Å²) in [6, 6.07) is 0. The van der Waals surface area contributed by atoms with Gasteiger partial charge >= 0.3 is 5.69 Å². The van der Waals surface area contributed by atoms with Gasteiger partial charge in [-0.25, -0.2) is 4.98 Å². The highest BCUT2D eigenvalue weighted by Gasteiger charge is 2.24. The molecule has 0 aliphatic heterocycles. The van der Waals surface area contributed by atoms with Gasteiger partial charge in [0, 0.05) is 6.54 Å². The summed E-state index contributed by atoms with van der Waals surface area (Å²) >= 11 is 0. The first-order chi connectivity index (χ1) is 8.41. The lowest BCUT2D eigenvalue weighted by Gasteiger charge is -2.25. The summed E-state index contributed by atoms with van der Waals surface area (Å²) in [4.78, 5) is 17.5. The van der Waals surface area contributed by atoms with Crippen molar-refractivity contribution in [3.63, 3.8) is 0 Å². The van der Waals surface area contributed by atoms with Gasteiger partial charge in [0.25, 0.3) is 0 Å². The smallest absolute Gasteiger partial charge is 0.329 e. The average Bonchev–Trinajstić information content (AvgIpc) is 2.35. The minimum absolute atomic E-state index is 0.0211. The Morgan fingerprint density at radius 1 is 1.56 bits per heavy atom. The maximum absolute atomic E-state index is 10.8. The van der Waals surface area contributed by atoms with Gasteiger partial charge in [0.05, 0.1) is 10.5 Å². The van der Waals surface area contributed by atoms with Crippen LogP contribution in [-0.4, -0.2) is 32.1 Å². The molecule has 18 heavy (non-hydrogen) atoms. The number of nitrogens with one attached hydrogen (secondary N) is 1. The van der Waals surface area contributed by atoms with E-state index < -0.39 is 10.5 Å². The van der Waals surface area contributed by atoms with Gasteiger partial charge in [-0.2, -0.15) is 4.98 Å². The van der Waals surface area contributed by atoms with Crippen molar-refractivity contribution in [3.8, 4) is 0 Å². The van der Waals surface area contributed by atoms with E-state index in [-0.39, 0.29) is 24.0 Å². The van der Waals surface area contributed by atoms with Gasteiger partial charge in [-0.05, 0) is 12.8 Å². The molecule has 0 aromatic carbocycles. The summed E-state index contributed by atoms with van der Waals surface area (Å²) in [6.45, 7) is 3.85. The first-order valence-corrected chi connectivity index (χ1v) is 5.65. The van der Waals surface area contributed by atoms with Crippen molar-refractivity contribution in [1.29, 1.82) is 0 Å². The highest BCUT2D eigenvalue weighted by Crippen LogP contribution is 2.23. The Hall–Kier alpha value is -1.96. The van der Waals surface area contributed by atoms with Gasteiger partial charge < -0.3 is 16.2 Å². The lowest BCUT2D eigenvalue weighted by molar-refractivity contribution is -0.384. The zero-order valence-electron chi connectivity index (χ0n) is 10.4. The van der Waals surface area contributed by atoms with Crippen LogP contribution >= 0.6 is 0 Å². The average molecular weight is 255 g/mol. The number of rotatable bonds is 6. The van der Waals surface area contributed by atoms with E-state index in [2.05, 4.69) is 15.3 Å². The molecule has 0 unspecified atom stereocenters. The maximum atomic E-state index is 10.8. The Kier molecular flexibility index (Phi) is 4.38. The van der Waals surface area contributed by atoms with Crippen molar-refractivity contribution in [1.82, 2.24) is 9.97 Å². The number of hydrogen-bond donors (Lipinski definition) is 3. The number of nitrogens with two attached hydrogens (primary N) is 1. The monoisotopic (exact) mass is 255 g/mol. The zero-order valence-corrected chi connectivity index (χ0v) is 10.4. The SMILES string of the molecule is CCC(O)(CC)CNc1nc(N)ncc1[N+](=O)[O-]. The van der Waals surface area contributed by atoms with Crippen LogP contribution in [-0.2, 0) is 0 Å². The molecule has 8 heteroatoms. The summed E-state index contributed by atoms with van der Waals surface area (Å²) < 4.78 is 0. The molecule has 1 rings (SSSR count). The molecule has 1 aromatic heterocycles. The molecule has 0 saturated heterocycles. The standard InChI is InChI=1S/C10H17N5O3/c1-3-10(16,4-2)6-13-8-7(15(17)18)5-12-9(11)14-8/h5,16H,3-4,6H2,1-2H3,(H3,11,12,13,14). The summed E-state index contributed by atoms with van der Waals surface area (Å²) in [5.41, 5.74) is 4.20. The molecule has 1 heterocycles. The second-order valence-electron chi connectivity index (χ2n) is 4.00. The molecular formula is C10H17N5O3. The zero-order chi connectivity index (χ0) is 13.8. The molecule has 1 aromatic rings. The van der Waals surface area contributed by atoms with E-state index in [1.165, 1.54) is 0 Å². The molecule has 0 aliphatic rings. The van der Waals surface area contributed by atoms with Crippen LogP contribution in [0.1, 0.15) is 26.7 Å². The Labute approximate surface area is 104 Å². The largest absolute Gasteiger partial charge is 0.388 e. The van der Waals surface area contributed by atoms with Crippen LogP contribution in [0.3, 0.4) is 0 Å². The summed E-state index contributed by atoms with van der Waals surface area (Å²) in [7, 11) is 0. The van der Waals surface area contributed by atoms with Gasteiger partial charge in [-0.1, -0.05) is 13.8 Å². The van der Waals surface area contributed by atoms with Crippen LogP contribution in [0, 0.1) is 10.1 Å². The van der Waals surface area contributed by atoms with Gasteiger partial charge in [0.15, 0.2) is 0 Å². The minimum atomic E-state index is -0.923. The van der Waals surface area contributed by atoms with E-state index >= 15 is 0 Å². The molecule has 0 radical (unpaired) electrons. The van der Waals surface area contributed by atoms with Crippen molar-refractivity contribution in [3.05, 3.63) is 16.3 Å². The van der Waals surface area contributed by atoms with E-state index in [4.69, 9.17) is 5.73 Å². The van der Waals surface area contributed by atoms with Gasteiger partial charge in [-0.3, -0.25) is 10.1 Å². The fourth-order valence-corrected chi connectivity index (χ4v) is 1.40. The number of aliphatic hydroxyl groups is 1. The second-order valence-corrected chi connectivity index (χ2v) is 4.00. The number of nitrogen functional groups attached to an aromatic ring is 1. The summed E-state index contributed by atoms with van der Waals surface area (Å²) in [6.07, 6.45) is 2.11. The molecule has 0 aliphatic carbocycles. The number of aromatic nitrogens is 2. The summed E-state index contributed by atoms with van der Waals surface area (Å²) in [5, 5.41) is 23.6. The normalized spacial score (nSPS) is 11.3. The molecule has 0 fully saturated rings. The highest BCUT2D eigenvalue weighted by molar-refractivity contribution is 5.56. The highest BCUT2D eigenvalue weighted by atomic mass is 16.6. The Balaban J connectivity index is 2.90. The lowest BCUT2D eigenvalue weighted by Crippen LogP contribution is -2.35. The number of hydrogen-bond acceptors (Lipinski definition) is 7. The van der Waals surface area contributed by atoms with Crippen molar-refractivity contribution < 1.29 is 10.0 Å². The molecule has 0 amide bonds. The van der Waals surface area contributed by atoms with Crippen LogP contribution < -0.4 is 11.1 Å². The Morgan fingerprint density at radius 3 is 2.67 bits per heavy atom. The topological polar surface area (TPSA) is 127 Å². The number of nitrogens with zero attached hydrogens (tertiary/aromatic N) is 3. The molecule has 0 saturated carbocycles. The first kappa shape index (κ1) is 14.1. The number of nitro groups is 1. The number of anilines is 2. The van der Waals surface area contributed by atoms with Crippen LogP contribution in [0.2, 0.25) is 0 Å². The third-order valence-corrected chi connectivity index (χ3v) is 2.89. The van der Waals surface area contributed by atoms with Crippen LogP contribution in [0.4, 0.5) is 17.5 Å². The van der Waals surface area contributed by atoms with E-state index in [1.807, 2.05) is 13.8 Å². The van der Waals surface area contributed by atoms with Crippen LogP contribution in [0.15, 0.2) is 6.20 Å². The van der Waals surface area contributed by atoms with Crippen molar-refractivity contribution in [2.75, 3.05) is 17.6 Å². The molecule has 8 nitrogen and oxygen atoms in total. The van der Waals surface area contributed by atoms with E-state index in [0.717, 1.165) is 6.20 Å². The first-order valence-electron chi connectivity index (χ1n) is 5.65. The van der Waals surface area contributed by atoms with Gasteiger partial charge in [0.2, 0.25) is 11.8 Å². The fourth-order valence-electron chi connectivity index (χ4n) is 1.40. The summed E-state index contributed by atoms with van der Waals surface area (Å²) in [5.74, 6) is -0.0348. The Morgan fingerprint density at radius 2 is 2.17 bits per heavy atom. The van der Waals surface area contributed by atoms with Crippen molar-refractivity contribution in [2.24, 2.45) is 0 Å². The maximum Gasteiger partial charge on any atom is 0.329 e. The molecule has 0 atom stereocenters. The van der Waals surface area contributed by atoms with E-state index in [1.54, 1.807) is 0 Å². The minimum Gasteiger partial charge on any atom is -0.388 e. The molecule has 4 N–H and O–H groups in total. The molecular weight excluding hydrogens is 238 g/mol. The predicted molar refractivity (Wildman–Crippen MR) is 67.1 cm³/mol. The van der Waals surface area contributed by atoms with Crippen molar-refractivity contribution >= 4 is 17.5 Å². The molecule has 0 bridgehead atoms. The molecule has 100 valence electrons. The van der Waals surface area contributed by atoms with E-state index in [9.17, 15) is 15.2 Å². The fraction of sp³-hybridized carbons (Fsp3) is 0.600. The second kappa shape index (κ2) is 5.58. The van der Waals surface area contributed by atoms with Gasteiger partial charge in [-0.15, -0.1) is 0 Å². The van der Waals surface area contributed by atoms with Crippen LogP contribution in [0.5, 0.6) is 0 Å². The van der Waals surface area contributed by atoms with Gasteiger partial charge in [0.1, 0.15) is 6.20 Å². The third kappa shape index (κ3) is 3.27. The third-order valence-electron chi connectivity index (χ3n) is 2.89.